The molecule has 0 aromatic heterocycles. The summed E-state index contributed by atoms with van der Waals surface area (Å²) in [5.74, 6) is 0.426. The number of anilines is 1. The van der Waals surface area contributed by atoms with Gasteiger partial charge in [-0.25, -0.2) is 0 Å². The first-order valence-electron chi connectivity index (χ1n) is 6.76. The molecule has 1 N–H and O–H groups in total. The molecule has 2 aromatic carbocycles. The van der Waals surface area contributed by atoms with Crippen molar-refractivity contribution in [1.82, 2.24) is 0 Å². The molecule has 0 aliphatic heterocycles. The number of ether oxygens (including phenoxy) is 1. The molecular weight excluding hydrogens is 286 g/mol. The first-order chi connectivity index (χ1) is 9.95. The number of hydrogen-bond acceptors (Lipinski definition) is 2. The molecule has 0 spiro atoms. The number of amides is 1. The summed E-state index contributed by atoms with van der Waals surface area (Å²) < 4.78 is 5.59. The van der Waals surface area contributed by atoms with Gasteiger partial charge in [0.2, 0.25) is 0 Å². The number of carbonyl (C=O) groups excluding carboxylic acids is 1. The Hall–Kier alpha value is -2.00. The van der Waals surface area contributed by atoms with Crippen LogP contribution in [-0.2, 0) is 4.79 Å². The molecule has 0 bridgehead atoms. The zero-order valence-corrected chi connectivity index (χ0v) is 13.1. The molecule has 110 valence electrons. The molecule has 0 saturated carbocycles. The van der Waals surface area contributed by atoms with E-state index in [1.165, 1.54) is 5.56 Å². The number of carbonyl (C=O) groups is 1. The molecule has 3 nitrogen and oxygen atoms in total. The Bertz CT molecular complexity index is 638. The second-order valence-electron chi connectivity index (χ2n) is 5.00. The first kappa shape index (κ1) is 15.4. The van der Waals surface area contributed by atoms with Crippen molar-refractivity contribution < 1.29 is 9.53 Å². The summed E-state index contributed by atoms with van der Waals surface area (Å²) in [6.07, 6.45) is -0.590. The third-order valence-electron chi connectivity index (χ3n) is 3.27. The molecule has 2 rings (SSSR count). The lowest BCUT2D eigenvalue weighted by Crippen LogP contribution is -2.30. The van der Waals surface area contributed by atoms with E-state index < -0.39 is 6.10 Å². The van der Waals surface area contributed by atoms with Gasteiger partial charge in [-0.1, -0.05) is 17.7 Å². The fraction of sp³-hybridized carbons (Fsp3) is 0.235. The smallest absolute Gasteiger partial charge is 0.265 e. The van der Waals surface area contributed by atoms with Crippen LogP contribution in [0.4, 0.5) is 5.69 Å². The van der Waals surface area contributed by atoms with Crippen LogP contribution >= 0.6 is 11.6 Å². The lowest BCUT2D eigenvalue weighted by Gasteiger charge is -2.15. The summed E-state index contributed by atoms with van der Waals surface area (Å²) in [6, 6.07) is 12.7. The van der Waals surface area contributed by atoms with E-state index in [1.807, 2.05) is 32.0 Å². The van der Waals surface area contributed by atoms with Gasteiger partial charge in [0.05, 0.1) is 0 Å². The number of halogens is 1. The van der Waals surface area contributed by atoms with E-state index in [-0.39, 0.29) is 5.91 Å². The van der Waals surface area contributed by atoms with E-state index in [0.717, 1.165) is 11.3 Å². The summed E-state index contributed by atoms with van der Waals surface area (Å²) in [4.78, 5) is 12.1. The van der Waals surface area contributed by atoms with Gasteiger partial charge in [-0.05, 0) is 68.3 Å². The van der Waals surface area contributed by atoms with Crippen LogP contribution in [0.2, 0.25) is 5.02 Å². The molecule has 0 unspecified atom stereocenters. The number of hydrogen-bond donors (Lipinski definition) is 1. The van der Waals surface area contributed by atoms with Crippen molar-refractivity contribution in [2.45, 2.75) is 26.9 Å². The maximum absolute atomic E-state index is 12.1. The topological polar surface area (TPSA) is 38.3 Å². The maximum atomic E-state index is 12.1. The van der Waals surface area contributed by atoms with E-state index >= 15 is 0 Å². The molecule has 0 saturated heterocycles. The Morgan fingerprint density at radius 1 is 1.10 bits per heavy atom. The van der Waals surface area contributed by atoms with Crippen LogP contribution in [0.5, 0.6) is 5.75 Å². The largest absolute Gasteiger partial charge is 0.481 e. The molecule has 0 heterocycles. The quantitative estimate of drug-likeness (QED) is 0.911. The van der Waals surface area contributed by atoms with Crippen LogP contribution in [0.1, 0.15) is 18.1 Å². The minimum absolute atomic E-state index is 0.187. The van der Waals surface area contributed by atoms with Crippen LogP contribution in [0, 0.1) is 13.8 Å². The van der Waals surface area contributed by atoms with Gasteiger partial charge < -0.3 is 10.1 Å². The summed E-state index contributed by atoms with van der Waals surface area (Å²) in [5.41, 5.74) is 3.10. The second-order valence-corrected chi connectivity index (χ2v) is 5.44. The van der Waals surface area contributed by atoms with Crippen molar-refractivity contribution in [2.75, 3.05) is 5.32 Å². The highest BCUT2D eigenvalue weighted by Crippen LogP contribution is 2.18. The van der Waals surface area contributed by atoms with Crippen molar-refractivity contribution >= 4 is 23.2 Å². The van der Waals surface area contributed by atoms with E-state index in [1.54, 1.807) is 31.2 Å². The molecule has 21 heavy (non-hydrogen) atoms. The van der Waals surface area contributed by atoms with Gasteiger partial charge in [0.25, 0.3) is 5.91 Å². The normalized spacial score (nSPS) is 11.8. The van der Waals surface area contributed by atoms with Crippen molar-refractivity contribution in [3.8, 4) is 5.75 Å². The molecule has 0 aliphatic carbocycles. The molecule has 1 amide bonds. The third kappa shape index (κ3) is 4.23. The number of nitrogens with one attached hydrogen (secondary N) is 1. The zero-order chi connectivity index (χ0) is 15.4. The van der Waals surface area contributed by atoms with E-state index in [9.17, 15) is 4.79 Å². The van der Waals surface area contributed by atoms with Crippen LogP contribution in [0.3, 0.4) is 0 Å². The first-order valence-corrected chi connectivity index (χ1v) is 7.14. The average molecular weight is 304 g/mol. The van der Waals surface area contributed by atoms with Crippen LogP contribution in [0.15, 0.2) is 42.5 Å². The Morgan fingerprint density at radius 3 is 2.38 bits per heavy atom. The molecule has 0 fully saturated rings. The second kappa shape index (κ2) is 6.64. The van der Waals surface area contributed by atoms with Crippen LogP contribution < -0.4 is 10.1 Å². The van der Waals surface area contributed by atoms with Gasteiger partial charge in [0, 0.05) is 10.7 Å². The standard InChI is InChI=1S/C17H18ClNO2/c1-11-4-7-15(10-12(11)2)19-17(20)13(3)21-16-8-5-14(18)6-9-16/h4-10,13H,1-3H3,(H,19,20)/t13-/m1/s1. The van der Waals surface area contributed by atoms with Gasteiger partial charge in [-0.15, -0.1) is 0 Å². The predicted octanol–water partition coefficient (Wildman–Crippen LogP) is 4.36. The van der Waals surface area contributed by atoms with Crippen LogP contribution in [-0.4, -0.2) is 12.0 Å². The van der Waals surface area contributed by atoms with Crippen molar-refractivity contribution in [1.29, 1.82) is 0 Å². The van der Waals surface area contributed by atoms with Gasteiger partial charge in [-0.2, -0.15) is 0 Å². The molecule has 0 aliphatic rings. The molecule has 0 radical (unpaired) electrons. The molecule has 4 heteroatoms. The monoisotopic (exact) mass is 303 g/mol. The summed E-state index contributed by atoms with van der Waals surface area (Å²) in [6.45, 7) is 5.76. The van der Waals surface area contributed by atoms with E-state index in [0.29, 0.717) is 10.8 Å². The molecule has 1 atom stereocenters. The highest BCUT2D eigenvalue weighted by Gasteiger charge is 2.15. The van der Waals surface area contributed by atoms with E-state index in [2.05, 4.69) is 5.32 Å². The summed E-state index contributed by atoms with van der Waals surface area (Å²) in [7, 11) is 0. The lowest BCUT2D eigenvalue weighted by atomic mass is 10.1. The minimum Gasteiger partial charge on any atom is -0.481 e. The van der Waals surface area contributed by atoms with Gasteiger partial charge in [-0.3, -0.25) is 4.79 Å². The Balaban J connectivity index is 1.98. The Kier molecular flexibility index (Phi) is 4.86. The van der Waals surface area contributed by atoms with Gasteiger partial charge in [0.1, 0.15) is 5.75 Å². The highest BCUT2D eigenvalue weighted by atomic mass is 35.5. The van der Waals surface area contributed by atoms with Crippen molar-refractivity contribution in [3.63, 3.8) is 0 Å². The summed E-state index contributed by atoms with van der Waals surface area (Å²) >= 11 is 5.81. The maximum Gasteiger partial charge on any atom is 0.265 e. The number of aryl methyl sites for hydroxylation is 2. The van der Waals surface area contributed by atoms with Gasteiger partial charge >= 0.3 is 0 Å². The Labute approximate surface area is 129 Å². The minimum atomic E-state index is -0.590. The van der Waals surface area contributed by atoms with Crippen LogP contribution in [0.25, 0.3) is 0 Å². The predicted molar refractivity (Wildman–Crippen MR) is 86.1 cm³/mol. The fourth-order valence-electron chi connectivity index (χ4n) is 1.83. The highest BCUT2D eigenvalue weighted by molar-refractivity contribution is 6.30. The van der Waals surface area contributed by atoms with Crippen molar-refractivity contribution in [3.05, 3.63) is 58.6 Å². The third-order valence-corrected chi connectivity index (χ3v) is 3.52. The van der Waals surface area contributed by atoms with Gasteiger partial charge in [0.15, 0.2) is 6.10 Å². The number of rotatable bonds is 4. The summed E-state index contributed by atoms with van der Waals surface area (Å²) in [5, 5.41) is 3.49. The zero-order valence-electron chi connectivity index (χ0n) is 12.3. The van der Waals surface area contributed by atoms with E-state index in [4.69, 9.17) is 16.3 Å². The Morgan fingerprint density at radius 2 is 1.76 bits per heavy atom. The SMILES string of the molecule is Cc1ccc(NC(=O)[C@@H](C)Oc2ccc(Cl)cc2)cc1C. The van der Waals surface area contributed by atoms with Crippen molar-refractivity contribution in [2.24, 2.45) is 0 Å². The fourth-order valence-corrected chi connectivity index (χ4v) is 1.96. The molecular formula is C17H18ClNO2. The number of benzene rings is 2. The average Bonchev–Trinajstić information content (AvgIpc) is 2.45. The lowest BCUT2D eigenvalue weighted by molar-refractivity contribution is -0.122. The molecule has 2 aromatic rings.